The van der Waals surface area contributed by atoms with Crippen molar-refractivity contribution in [2.75, 3.05) is 0 Å². The lowest BCUT2D eigenvalue weighted by atomic mass is 10.1. The van der Waals surface area contributed by atoms with Crippen LogP contribution < -0.4 is 9.86 Å². The molecule has 0 spiro atoms. The summed E-state index contributed by atoms with van der Waals surface area (Å²) in [5, 5.41) is 5.02. The Hall–Kier alpha value is -1.40. The van der Waals surface area contributed by atoms with Crippen LogP contribution in [-0.4, -0.2) is 22.9 Å². The summed E-state index contributed by atoms with van der Waals surface area (Å²) < 4.78 is 49.7. The molecule has 0 aliphatic heterocycles. The highest BCUT2D eigenvalue weighted by Gasteiger charge is 2.26. The van der Waals surface area contributed by atoms with Crippen LogP contribution in [0.25, 0.3) is 0 Å². The van der Waals surface area contributed by atoms with Crippen LogP contribution in [0.5, 0.6) is 0 Å². The van der Waals surface area contributed by atoms with Gasteiger partial charge in [-0.15, -0.1) is 6.42 Å². The maximum Gasteiger partial charge on any atom is 0.243 e. The molecule has 3 N–H and O–H groups in total. The van der Waals surface area contributed by atoms with Gasteiger partial charge in [0.05, 0.1) is 6.04 Å². The maximum atomic E-state index is 12.2. The Bertz CT molecular complexity index is 731. The Morgan fingerprint density at radius 1 is 1.15 bits per heavy atom. The number of hydrogen-bond donors (Lipinski definition) is 2. The van der Waals surface area contributed by atoms with E-state index in [0.717, 1.165) is 12.1 Å². The highest BCUT2D eigenvalue weighted by atomic mass is 32.2. The minimum absolute atomic E-state index is 0.142. The lowest BCUT2D eigenvalue weighted by molar-refractivity contribution is 0.516. The molecule has 110 valence electrons. The van der Waals surface area contributed by atoms with E-state index in [9.17, 15) is 16.8 Å². The summed E-state index contributed by atoms with van der Waals surface area (Å²) in [5.74, 6) is 2.17. The van der Waals surface area contributed by atoms with E-state index < -0.39 is 35.9 Å². The summed E-state index contributed by atoms with van der Waals surface area (Å²) in [6, 6.07) is 4.34. The number of primary sulfonamides is 1. The molecule has 0 aromatic heterocycles. The number of nitrogens with two attached hydrogens (primary N) is 1. The lowest BCUT2D eigenvalue weighted by Crippen LogP contribution is -2.38. The van der Waals surface area contributed by atoms with Gasteiger partial charge < -0.3 is 0 Å². The Kier molecular flexibility index (Phi) is 4.94. The van der Waals surface area contributed by atoms with Gasteiger partial charge in [-0.3, -0.25) is 0 Å². The molecule has 0 aliphatic carbocycles. The molecule has 1 unspecified atom stereocenters. The minimum Gasteiger partial charge on any atom is -0.225 e. The number of hydrogen-bond acceptors (Lipinski definition) is 4. The van der Waals surface area contributed by atoms with Crippen LogP contribution in [0.15, 0.2) is 34.1 Å². The van der Waals surface area contributed by atoms with Gasteiger partial charge in [0, 0.05) is 0 Å². The fraction of sp³-hybridized carbons (Fsp3) is 0.333. The first-order valence-electron chi connectivity index (χ1n) is 5.70. The Balaban J connectivity index is 3.35. The molecule has 8 heteroatoms. The van der Waals surface area contributed by atoms with Gasteiger partial charge in [-0.1, -0.05) is 31.9 Å². The van der Waals surface area contributed by atoms with Crippen LogP contribution in [0.4, 0.5) is 0 Å². The van der Waals surface area contributed by atoms with Gasteiger partial charge in [0.25, 0.3) is 0 Å². The third kappa shape index (κ3) is 3.80. The van der Waals surface area contributed by atoms with E-state index in [0.29, 0.717) is 0 Å². The normalized spacial score (nSPS) is 13.9. The Labute approximate surface area is 119 Å². The second-order valence-electron chi connectivity index (χ2n) is 4.50. The molecule has 0 saturated carbocycles. The minimum atomic E-state index is -4.15. The Morgan fingerprint density at radius 3 is 2.05 bits per heavy atom. The predicted molar refractivity (Wildman–Crippen MR) is 75.6 cm³/mol. The van der Waals surface area contributed by atoms with E-state index in [1.807, 2.05) is 0 Å². The topological polar surface area (TPSA) is 106 Å². The van der Waals surface area contributed by atoms with Crippen molar-refractivity contribution in [3.8, 4) is 12.3 Å². The van der Waals surface area contributed by atoms with E-state index >= 15 is 0 Å². The zero-order valence-electron chi connectivity index (χ0n) is 11.1. The van der Waals surface area contributed by atoms with Crippen molar-refractivity contribution in [1.82, 2.24) is 4.72 Å². The van der Waals surface area contributed by atoms with Crippen molar-refractivity contribution in [2.24, 2.45) is 11.1 Å². The van der Waals surface area contributed by atoms with Gasteiger partial charge in [0.2, 0.25) is 20.0 Å². The molecule has 0 heterocycles. The number of benzene rings is 1. The average Bonchev–Trinajstić information content (AvgIpc) is 2.34. The molecular formula is C12H16N2O4S2. The van der Waals surface area contributed by atoms with Crippen molar-refractivity contribution < 1.29 is 16.8 Å². The van der Waals surface area contributed by atoms with E-state index in [1.165, 1.54) is 12.1 Å². The second kappa shape index (κ2) is 5.93. The van der Waals surface area contributed by atoms with Gasteiger partial charge in [0.1, 0.15) is 9.79 Å². The standard InChI is InChI=1S/C12H16N2O4S2/c1-4-10(9(2)3)14-20(17,18)12-8-6-5-7-11(12)19(13,15)16/h1,5-10,14H,2-3H3,(H2,13,15,16). The van der Waals surface area contributed by atoms with Crippen LogP contribution in [0.1, 0.15) is 13.8 Å². The molecule has 6 nitrogen and oxygen atoms in total. The first kappa shape index (κ1) is 16.7. The quantitative estimate of drug-likeness (QED) is 0.760. The summed E-state index contributed by atoms with van der Waals surface area (Å²) in [6.45, 7) is 3.50. The second-order valence-corrected chi connectivity index (χ2v) is 7.71. The fourth-order valence-electron chi connectivity index (χ4n) is 1.50. The van der Waals surface area contributed by atoms with Gasteiger partial charge in [-0.2, -0.15) is 4.72 Å². The average molecular weight is 316 g/mol. The number of nitrogens with one attached hydrogen (secondary N) is 1. The highest BCUT2D eigenvalue weighted by Crippen LogP contribution is 2.20. The van der Waals surface area contributed by atoms with E-state index in [-0.39, 0.29) is 5.92 Å². The van der Waals surface area contributed by atoms with E-state index in [1.54, 1.807) is 13.8 Å². The monoisotopic (exact) mass is 316 g/mol. The fourth-order valence-corrected chi connectivity index (χ4v) is 4.19. The third-order valence-electron chi connectivity index (χ3n) is 2.57. The largest absolute Gasteiger partial charge is 0.243 e. The van der Waals surface area contributed by atoms with Gasteiger partial charge in [-0.25, -0.2) is 22.0 Å². The number of terminal acetylenes is 1. The maximum absolute atomic E-state index is 12.2. The third-order valence-corrected chi connectivity index (χ3v) is 5.17. The molecule has 1 rings (SSSR count). The van der Waals surface area contributed by atoms with Crippen LogP contribution in [0, 0.1) is 18.3 Å². The molecule has 0 fully saturated rings. The molecule has 0 bridgehead atoms. The van der Waals surface area contributed by atoms with E-state index in [2.05, 4.69) is 10.6 Å². The number of sulfonamides is 2. The van der Waals surface area contributed by atoms with Crippen LogP contribution in [0.2, 0.25) is 0 Å². The first-order valence-corrected chi connectivity index (χ1v) is 8.73. The number of rotatable bonds is 5. The molecule has 0 radical (unpaired) electrons. The molecular weight excluding hydrogens is 300 g/mol. The van der Waals surface area contributed by atoms with E-state index in [4.69, 9.17) is 11.6 Å². The molecule has 0 amide bonds. The summed E-state index contributed by atoms with van der Waals surface area (Å²) in [4.78, 5) is -0.879. The zero-order chi connectivity index (χ0) is 15.6. The van der Waals surface area contributed by atoms with Crippen LogP contribution >= 0.6 is 0 Å². The molecule has 1 aromatic carbocycles. The molecule has 0 aliphatic rings. The zero-order valence-corrected chi connectivity index (χ0v) is 12.7. The van der Waals surface area contributed by atoms with Crippen LogP contribution in [0.3, 0.4) is 0 Å². The predicted octanol–water partition coefficient (Wildman–Crippen LogP) is 0.270. The summed E-state index contributed by atoms with van der Waals surface area (Å²) >= 11 is 0. The summed E-state index contributed by atoms with van der Waals surface area (Å²) in [6.07, 6.45) is 5.26. The Morgan fingerprint density at radius 2 is 1.65 bits per heavy atom. The molecule has 1 aromatic rings. The lowest BCUT2D eigenvalue weighted by Gasteiger charge is -2.17. The molecule has 0 saturated heterocycles. The van der Waals surface area contributed by atoms with Crippen molar-refractivity contribution in [3.63, 3.8) is 0 Å². The first-order chi connectivity index (χ1) is 9.09. The van der Waals surface area contributed by atoms with Gasteiger partial charge in [0.15, 0.2) is 0 Å². The van der Waals surface area contributed by atoms with Crippen molar-refractivity contribution in [3.05, 3.63) is 24.3 Å². The van der Waals surface area contributed by atoms with Gasteiger partial charge in [-0.05, 0) is 18.1 Å². The van der Waals surface area contributed by atoms with Crippen molar-refractivity contribution in [2.45, 2.75) is 29.7 Å². The van der Waals surface area contributed by atoms with Crippen LogP contribution in [-0.2, 0) is 20.0 Å². The van der Waals surface area contributed by atoms with Gasteiger partial charge >= 0.3 is 0 Å². The SMILES string of the molecule is C#CC(NS(=O)(=O)c1ccccc1S(N)(=O)=O)C(C)C. The van der Waals surface area contributed by atoms with Crippen molar-refractivity contribution in [1.29, 1.82) is 0 Å². The molecule has 20 heavy (non-hydrogen) atoms. The smallest absolute Gasteiger partial charge is 0.225 e. The van der Waals surface area contributed by atoms with Crippen molar-refractivity contribution >= 4 is 20.0 Å². The highest BCUT2D eigenvalue weighted by molar-refractivity contribution is 7.92. The summed E-state index contributed by atoms with van der Waals surface area (Å²) in [7, 11) is -8.23. The summed E-state index contributed by atoms with van der Waals surface area (Å²) in [5.41, 5.74) is 0. The molecule has 1 atom stereocenters.